The average Bonchev–Trinajstić information content (AvgIpc) is 2.60. The van der Waals surface area contributed by atoms with E-state index in [2.05, 4.69) is 9.89 Å². The van der Waals surface area contributed by atoms with Crippen molar-refractivity contribution in [1.82, 2.24) is 4.90 Å². The summed E-state index contributed by atoms with van der Waals surface area (Å²) in [5.74, 6) is 0. The Morgan fingerprint density at radius 1 is 1.45 bits per heavy atom. The van der Waals surface area contributed by atoms with E-state index in [-0.39, 0.29) is 6.29 Å². The minimum absolute atomic E-state index is 0.0169. The Morgan fingerprint density at radius 3 is 2.91 bits per heavy atom. The molecule has 62 valence electrons. The predicted octanol–water partition coefficient (Wildman–Crippen LogP) is -0.297. The van der Waals surface area contributed by atoms with Gasteiger partial charge in [0.25, 0.3) is 0 Å². The molecule has 11 heavy (non-hydrogen) atoms. The van der Waals surface area contributed by atoms with Crippen LogP contribution in [0, 0.1) is 0 Å². The van der Waals surface area contributed by atoms with Crippen molar-refractivity contribution in [1.29, 1.82) is 0 Å². The van der Waals surface area contributed by atoms with Crippen molar-refractivity contribution in [2.75, 3.05) is 33.0 Å². The van der Waals surface area contributed by atoms with E-state index in [0.29, 0.717) is 0 Å². The second-order valence-electron chi connectivity index (χ2n) is 2.71. The maximum atomic E-state index is 5.30. The molecule has 0 bridgehead atoms. The summed E-state index contributed by atoms with van der Waals surface area (Å²) in [5.41, 5.74) is 0. The minimum Gasteiger partial charge on any atom is -0.349 e. The molecule has 0 atom stereocenters. The smallest absolute Gasteiger partial charge is 0.170 e. The molecule has 0 amide bonds. The molecule has 0 spiro atoms. The predicted molar refractivity (Wildman–Crippen MR) is 40.6 cm³/mol. The molecule has 2 rings (SSSR count). The van der Waals surface area contributed by atoms with Crippen molar-refractivity contribution in [3.05, 3.63) is 0 Å². The Balaban J connectivity index is 1.72. The fourth-order valence-corrected chi connectivity index (χ4v) is 1.26. The topological polar surface area (TPSA) is 34.1 Å². The molecular formula is C7H12N2O2. The molecule has 1 fully saturated rings. The average molecular weight is 156 g/mol. The summed E-state index contributed by atoms with van der Waals surface area (Å²) in [7, 11) is 0. The Hall–Kier alpha value is -0.450. The van der Waals surface area contributed by atoms with Crippen LogP contribution in [-0.4, -0.2) is 50.4 Å². The second-order valence-corrected chi connectivity index (χ2v) is 2.71. The molecule has 0 unspecified atom stereocenters. The molecule has 0 aliphatic carbocycles. The standard InChI is InChI=1S/C7H12N2O2/c1-2-9(6-8-1)5-7-10-3-4-11-7/h1,7H,2-6H2. The van der Waals surface area contributed by atoms with Crippen molar-refractivity contribution in [2.24, 2.45) is 4.99 Å². The summed E-state index contributed by atoms with van der Waals surface area (Å²) in [6, 6.07) is 0. The highest BCUT2D eigenvalue weighted by molar-refractivity contribution is 5.61. The van der Waals surface area contributed by atoms with Gasteiger partial charge in [-0.25, -0.2) is 0 Å². The van der Waals surface area contributed by atoms with E-state index in [9.17, 15) is 0 Å². The SMILES string of the molecule is C1=NCN(CC2OCCO2)C1. The highest BCUT2D eigenvalue weighted by atomic mass is 16.7. The van der Waals surface area contributed by atoms with Gasteiger partial charge in [-0.2, -0.15) is 0 Å². The van der Waals surface area contributed by atoms with Crippen molar-refractivity contribution < 1.29 is 9.47 Å². The zero-order chi connectivity index (χ0) is 7.52. The number of hydrogen-bond acceptors (Lipinski definition) is 4. The van der Waals surface area contributed by atoms with Crippen LogP contribution in [-0.2, 0) is 9.47 Å². The molecule has 4 heteroatoms. The van der Waals surface area contributed by atoms with Crippen molar-refractivity contribution in [2.45, 2.75) is 6.29 Å². The molecule has 0 aromatic heterocycles. The van der Waals surface area contributed by atoms with Gasteiger partial charge in [-0.1, -0.05) is 0 Å². The van der Waals surface area contributed by atoms with E-state index in [1.807, 2.05) is 6.21 Å². The molecule has 0 aromatic rings. The van der Waals surface area contributed by atoms with E-state index in [4.69, 9.17) is 9.47 Å². The third-order valence-corrected chi connectivity index (χ3v) is 1.85. The van der Waals surface area contributed by atoms with Gasteiger partial charge in [0.2, 0.25) is 0 Å². The lowest BCUT2D eigenvalue weighted by Crippen LogP contribution is -2.31. The number of hydrogen-bond donors (Lipinski definition) is 0. The highest BCUT2D eigenvalue weighted by Crippen LogP contribution is 2.06. The van der Waals surface area contributed by atoms with E-state index in [0.717, 1.165) is 33.0 Å². The van der Waals surface area contributed by atoms with Crippen LogP contribution in [0.4, 0.5) is 0 Å². The Bertz CT molecular complexity index is 147. The quantitative estimate of drug-likeness (QED) is 0.550. The Morgan fingerprint density at radius 2 is 2.27 bits per heavy atom. The van der Waals surface area contributed by atoms with Crippen LogP contribution in [0.3, 0.4) is 0 Å². The van der Waals surface area contributed by atoms with Gasteiger partial charge >= 0.3 is 0 Å². The fourth-order valence-electron chi connectivity index (χ4n) is 1.26. The largest absolute Gasteiger partial charge is 0.349 e. The molecule has 2 aliphatic rings. The number of nitrogens with zero attached hydrogens (tertiary/aromatic N) is 2. The lowest BCUT2D eigenvalue weighted by Gasteiger charge is -2.16. The van der Waals surface area contributed by atoms with Crippen LogP contribution in [0.1, 0.15) is 0 Å². The number of rotatable bonds is 2. The molecule has 0 aromatic carbocycles. The third-order valence-electron chi connectivity index (χ3n) is 1.85. The van der Waals surface area contributed by atoms with Crippen molar-refractivity contribution >= 4 is 6.21 Å². The van der Waals surface area contributed by atoms with Crippen molar-refractivity contribution in [3.8, 4) is 0 Å². The molecule has 1 saturated heterocycles. The van der Waals surface area contributed by atoms with Crippen LogP contribution in [0.15, 0.2) is 4.99 Å². The van der Waals surface area contributed by atoms with Gasteiger partial charge in [-0.15, -0.1) is 0 Å². The third kappa shape index (κ3) is 1.77. The molecule has 2 aliphatic heterocycles. The first-order valence-corrected chi connectivity index (χ1v) is 3.89. The molecule has 0 saturated carbocycles. The van der Waals surface area contributed by atoms with E-state index >= 15 is 0 Å². The minimum atomic E-state index is -0.0169. The van der Waals surface area contributed by atoms with Gasteiger partial charge in [0, 0.05) is 12.8 Å². The van der Waals surface area contributed by atoms with Crippen molar-refractivity contribution in [3.63, 3.8) is 0 Å². The second kappa shape index (κ2) is 3.30. The van der Waals surface area contributed by atoms with Crippen LogP contribution in [0.5, 0.6) is 0 Å². The van der Waals surface area contributed by atoms with Gasteiger partial charge < -0.3 is 9.47 Å². The maximum absolute atomic E-state index is 5.30. The van der Waals surface area contributed by atoms with E-state index < -0.39 is 0 Å². The van der Waals surface area contributed by atoms with Crippen LogP contribution in [0.25, 0.3) is 0 Å². The zero-order valence-corrected chi connectivity index (χ0v) is 6.40. The monoisotopic (exact) mass is 156 g/mol. The van der Waals surface area contributed by atoms with Crippen LogP contribution >= 0.6 is 0 Å². The molecular weight excluding hydrogens is 144 g/mol. The number of aliphatic imine (C=N–C) groups is 1. The summed E-state index contributed by atoms with van der Waals surface area (Å²) < 4.78 is 10.6. The summed E-state index contributed by atoms with van der Waals surface area (Å²) in [6.07, 6.45) is 1.91. The maximum Gasteiger partial charge on any atom is 0.170 e. The van der Waals surface area contributed by atoms with Gasteiger partial charge in [0.15, 0.2) is 6.29 Å². The summed E-state index contributed by atoms with van der Waals surface area (Å²) in [4.78, 5) is 6.29. The number of ether oxygens (including phenoxy) is 2. The highest BCUT2D eigenvalue weighted by Gasteiger charge is 2.19. The Labute approximate surface area is 65.8 Å². The zero-order valence-electron chi connectivity index (χ0n) is 6.40. The van der Waals surface area contributed by atoms with Crippen LogP contribution < -0.4 is 0 Å². The lowest BCUT2D eigenvalue weighted by molar-refractivity contribution is -0.0581. The lowest BCUT2D eigenvalue weighted by atomic mass is 10.5. The van der Waals surface area contributed by atoms with Gasteiger partial charge in [-0.05, 0) is 0 Å². The molecule has 2 heterocycles. The first-order chi connectivity index (χ1) is 5.45. The normalized spacial score (nSPS) is 26.9. The summed E-state index contributed by atoms with van der Waals surface area (Å²) in [5, 5.41) is 0. The van der Waals surface area contributed by atoms with Crippen LogP contribution in [0.2, 0.25) is 0 Å². The van der Waals surface area contributed by atoms with E-state index in [1.165, 1.54) is 0 Å². The molecule has 0 radical (unpaired) electrons. The summed E-state index contributed by atoms with van der Waals surface area (Å²) in [6.45, 7) is 4.05. The summed E-state index contributed by atoms with van der Waals surface area (Å²) >= 11 is 0. The van der Waals surface area contributed by atoms with Gasteiger partial charge in [-0.3, -0.25) is 9.89 Å². The molecule has 0 N–H and O–H groups in total. The fraction of sp³-hybridized carbons (Fsp3) is 0.857. The van der Waals surface area contributed by atoms with E-state index in [1.54, 1.807) is 0 Å². The molecule has 4 nitrogen and oxygen atoms in total. The first-order valence-electron chi connectivity index (χ1n) is 3.89. The van der Waals surface area contributed by atoms with Gasteiger partial charge in [0.1, 0.15) is 0 Å². The van der Waals surface area contributed by atoms with Gasteiger partial charge in [0.05, 0.1) is 26.4 Å². The first kappa shape index (κ1) is 7.21. The Kier molecular flexibility index (Phi) is 2.16.